The summed E-state index contributed by atoms with van der Waals surface area (Å²) in [5.74, 6) is -1.25. The third kappa shape index (κ3) is 3.36. The summed E-state index contributed by atoms with van der Waals surface area (Å²) in [6.45, 7) is 3.91. The molecule has 1 aliphatic rings. The zero-order valence-corrected chi connectivity index (χ0v) is 17.6. The van der Waals surface area contributed by atoms with Crippen LogP contribution in [0.5, 0.6) is 0 Å². The fourth-order valence-corrected chi connectivity index (χ4v) is 3.64. The smallest absolute Gasteiger partial charge is 0.266 e. The van der Waals surface area contributed by atoms with Gasteiger partial charge in [0.25, 0.3) is 17.7 Å². The number of carbonyl (C=O) groups excluding carboxylic acids is 3. The van der Waals surface area contributed by atoms with Crippen molar-refractivity contribution in [3.05, 3.63) is 92.5 Å². The largest absolute Gasteiger partial charge is 0.322 e. The van der Waals surface area contributed by atoms with Crippen LogP contribution in [0.2, 0.25) is 10.0 Å². The molecule has 0 aromatic heterocycles. The second-order valence-corrected chi connectivity index (χ2v) is 7.82. The van der Waals surface area contributed by atoms with Gasteiger partial charge in [0, 0.05) is 11.3 Å². The number of aryl methyl sites for hydroxylation is 1. The lowest BCUT2D eigenvalue weighted by molar-refractivity contribution is 0.0925. The number of hydrogen-bond acceptors (Lipinski definition) is 3. The second-order valence-electron chi connectivity index (χ2n) is 7.01. The monoisotopic (exact) mass is 438 g/mol. The number of nitrogens with zero attached hydrogens (tertiary/aromatic N) is 1. The van der Waals surface area contributed by atoms with Gasteiger partial charge in [0.1, 0.15) is 0 Å². The molecule has 3 aromatic rings. The maximum absolute atomic E-state index is 12.7. The predicted molar refractivity (Wildman–Crippen MR) is 118 cm³/mol. The van der Waals surface area contributed by atoms with Crippen molar-refractivity contribution in [3.8, 4) is 0 Å². The Balaban J connectivity index is 1.58. The summed E-state index contributed by atoms with van der Waals surface area (Å²) in [5, 5.41) is 3.30. The van der Waals surface area contributed by atoms with E-state index in [1.807, 2.05) is 32.0 Å². The maximum atomic E-state index is 12.7. The third-order valence-electron chi connectivity index (χ3n) is 5.17. The summed E-state index contributed by atoms with van der Waals surface area (Å²) in [7, 11) is 0. The van der Waals surface area contributed by atoms with E-state index in [1.165, 1.54) is 12.1 Å². The second kappa shape index (κ2) is 7.59. The van der Waals surface area contributed by atoms with Crippen molar-refractivity contribution < 1.29 is 14.4 Å². The van der Waals surface area contributed by atoms with Crippen LogP contribution in [0.15, 0.2) is 54.6 Å². The molecule has 5 nitrogen and oxygen atoms in total. The van der Waals surface area contributed by atoms with Crippen molar-refractivity contribution in [2.75, 3.05) is 10.2 Å². The minimum Gasteiger partial charge on any atom is -0.322 e. The molecular formula is C23H16Cl2N2O3. The molecule has 0 spiro atoms. The first-order valence-electron chi connectivity index (χ1n) is 9.13. The van der Waals surface area contributed by atoms with E-state index >= 15 is 0 Å². The van der Waals surface area contributed by atoms with E-state index in [-0.39, 0.29) is 27.1 Å². The topological polar surface area (TPSA) is 66.5 Å². The fraction of sp³-hybridized carbons (Fsp3) is 0.0870. The molecule has 3 amide bonds. The van der Waals surface area contributed by atoms with Crippen LogP contribution < -0.4 is 10.2 Å². The Labute approximate surface area is 183 Å². The Morgan fingerprint density at radius 3 is 2.00 bits per heavy atom. The van der Waals surface area contributed by atoms with Crippen LogP contribution in [-0.4, -0.2) is 17.7 Å². The lowest BCUT2D eigenvalue weighted by atomic mass is 10.1. The van der Waals surface area contributed by atoms with Gasteiger partial charge < -0.3 is 5.32 Å². The van der Waals surface area contributed by atoms with E-state index in [2.05, 4.69) is 5.32 Å². The number of amides is 3. The van der Waals surface area contributed by atoms with Gasteiger partial charge in [-0.3, -0.25) is 14.4 Å². The number of fused-ring (bicyclic) bond motifs is 1. The van der Waals surface area contributed by atoms with Gasteiger partial charge in [0.15, 0.2) is 0 Å². The van der Waals surface area contributed by atoms with Crippen molar-refractivity contribution >= 4 is 52.3 Å². The average Bonchev–Trinajstić information content (AvgIpc) is 2.96. The Hall–Kier alpha value is -3.15. The molecule has 0 radical (unpaired) electrons. The molecule has 30 heavy (non-hydrogen) atoms. The minimum absolute atomic E-state index is 0.200. The quantitative estimate of drug-likeness (QED) is 0.536. The van der Waals surface area contributed by atoms with Crippen LogP contribution in [0.1, 0.15) is 42.2 Å². The van der Waals surface area contributed by atoms with Crippen molar-refractivity contribution in [2.45, 2.75) is 13.8 Å². The molecule has 1 aliphatic heterocycles. The number of hydrogen-bond donors (Lipinski definition) is 1. The summed E-state index contributed by atoms with van der Waals surface area (Å²) in [6, 6.07) is 14.7. The highest BCUT2D eigenvalue weighted by Crippen LogP contribution is 2.34. The third-order valence-corrected chi connectivity index (χ3v) is 5.89. The average molecular weight is 439 g/mol. The molecule has 0 saturated carbocycles. The highest BCUT2D eigenvalue weighted by atomic mass is 35.5. The lowest BCUT2D eigenvalue weighted by Gasteiger charge is -2.15. The highest BCUT2D eigenvalue weighted by molar-refractivity contribution is 6.44. The lowest BCUT2D eigenvalue weighted by Crippen LogP contribution is -2.29. The molecule has 0 bridgehead atoms. The van der Waals surface area contributed by atoms with Crippen molar-refractivity contribution in [2.24, 2.45) is 0 Å². The Morgan fingerprint density at radius 1 is 0.867 bits per heavy atom. The van der Waals surface area contributed by atoms with Crippen LogP contribution >= 0.6 is 23.2 Å². The predicted octanol–water partition coefficient (Wildman–Crippen LogP) is 5.66. The summed E-state index contributed by atoms with van der Waals surface area (Å²) in [6.07, 6.45) is 0. The molecule has 7 heteroatoms. The van der Waals surface area contributed by atoms with Gasteiger partial charge in [0.05, 0.1) is 26.9 Å². The highest BCUT2D eigenvalue weighted by Gasteiger charge is 2.37. The van der Waals surface area contributed by atoms with Crippen LogP contribution in [0.4, 0.5) is 11.4 Å². The summed E-state index contributed by atoms with van der Waals surface area (Å²) >= 11 is 12.0. The number of carbonyl (C=O) groups is 3. The van der Waals surface area contributed by atoms with Crippen molar-refractivity contribution in [1.29, 1.82) is 0 Å². The van der Waals surface area contributed by atoms with E-state index in [9.17, 15) is 14.4 Å². The van der Waals surface area contributed by atoms with Crippen LogP contribution in [0.3, 0.4) is 0 Å². The number of imide groups is 1. The van der Waals surface area contributed by atoms with E-state index in [0.29, 0.717) is 11.3 Å². The first kappa shape index (κ1) is 20.1. The van der Waals surface area contributed by atoms with E-state index < -0.39 is 11.8 Å². The van der Waals surface area contributed by atoms with Crippen molar-refractivity contribution in [3.63, 3.8) is 0 Å². The Kier molecular flexibility index (Phi) is 5.10. The van der Waals surface area contributed by atoms with E-state index in [4.69, 9.17) is 23.2 Å². The standard InChI is InChI=1S/C23H16Cl2N2O3/c1-12-4-3-5-20(13(12)2)26-21(28)14-6-8-15(9-7-14)27-22(29)16-10-18(24)19(25)11-17(16)23(27)30/h3-11H,1-2H3,(H,26,28). The van der Waals surface area contributed by atoms with Crippen LogP contribution in [0, 0.1) is 13.8 Å². The molecule has 1 heterocycles. The molecule has 0 aliphatic carbocycles. The first-order chi connectivity index (χ1) is 14.3. The number of rotatable bonds is 3. The minimum atomic E-state index is -0.485. The van der Waals surface area contributed by atoms with Crippen molar-refractivity contribution in [1.82, 2.24) is 0 Å². The zero-order chi connectivity index (χ0) is 21.6. The summed E-state index contributed by atoms with van der Waals surface area (Å²) in [5.41, 5.74) is 3.97. The zero-order valence-electron chi connectivity index (χ0n) is 16.1. The number of halogens is 2. The molecule has 0 unspecified atom stereocenters. The SMILES string of the molecule is Cc1cccc(NC(=O)c2ccc(N3C(=O)c4cc(Cl)c(Cl)cc4C3=O)cc2)c1C. The van der Waals surface area contributed by atoms with Gasteiger partial charge in [-0.1, -0.05) is 35.3 Å². The summed E-state index contributed by atoms with van der Waals surface area (Å²) < 4.78 is 0. The molecule has 1 N–H and O–H groups in total. The normalized spacial score (nSPS) is 12.9. The number of nitrogens with one attached hydrogen (secondary N) is 1. The van der Waals surface area contributed by atoms with Gasteiger partial charge in [-0.2, -0.15) is 0 Å². The van der Waals surface area contributed by atoms with Crippen LogP contribution in [0.25, 0.3) is 0 Å². The Bertz CT molecular complexity index is 1180. The maximum Gasteiger partial charge on any atom is 0.266 e. The van der Waals surface area contributed by atoms with Crippen LogP contribution in [-0.2, 0) is 0 Å². The van der Waals surface area contributed by atoms with Gasteiger partial charge in [-0.25, -0.2) is 4.90 Å². The molecule has 0 fully saturated rings. The van der Waals surface area contributed by atoms with Gasteiger partial charge in [0.2, 0.25) is 0 Å². The van der Waals surface area contributed by atoms with Gasteiger partial charge >= 0.3 is 0 Å². The molecule has 0 atom stereocenters. The molecular weight excluding hydrogens is 423 g/mol. The molecule has 150 valence electrons. The van der Waals surface area contributed by atoms with Gasteiger partial charge in [-0.05, 0) is 67.4 Å². The van der Waals surface area contributed by atoms with E-state index in [0.717, 1.165) is 21.7 Å². The number of anilines is 2. The first-order valence-corrected chi connectivity index (χ1v) is 9.89. The Morgan fingerprint density at radius 2 is 1.43 bits per heavy atom. The molecule has 4 rings (SSSR count). The molecule has 0 saturated heterocycles. The van der Waals surface area contributed by atoms with E-state index in [1.54, 1.807) is 24.3 Å². The summed E-state index contributed by atoms with van der Waals surface area (Å²) in [4.78, 5) is 39.1. The molecule has 3 aromatic carbocycles. The number of benzene rings is 3. The fourth-order valence-electron chi connectivity index (χ4n) is 3.31. The van der Waals surface area contributed by atoms with Gasteiger partial charge in [-0.15, -0.1) is 0 Å².